The molecule has 1 aliphatic heterocycles. The number of hydrogen-bond acceptors (Lipinski definition) is 5. The molecule has 1 aliphatic rings. The summed E-state index contributed by atoms with van der Waals surface area (Å²) in [5.41, 5.74) is 1.21. The zero-order chi connectivity index (χ0) is 15.5. The van der Waals surface area contributed by atoms with Crippen LogP contribution in [0.4, 0.5) is 0 Å². The molecule has 0 amide bonds. The maximum absolute atomic E-state index is 12.9. The first-order valence-corrected chi connectivity index (χ1v) is 9.82. The first kappa shape index (κ1) is 16.8. The number of aryl methyl sites for hydroxylation is 1. The van der Waals surface area contributed by atoms with Crippen LogP contribution in [0.2, 0.25) is 0 Å². The van der Waals surface area contributed by atoms with Crippen molar-refractivity contribution in [3.8, 4) is 0 Å². The lowest BCUT2D eigenvalue weighted by molar-refractivity contribution is 0.423. The van der Waals surface area contributed by atoms with Gasteiger partial charge in [0.1, 0.15) is 4.90 Å². The van der Waals surface area contributed by atoms with Gasteiger partial charge in [0.05, 0.1) is 11.4 Å². The Kier molecular flexibility index (Phi) is 5.70. The van der Waals surface area contributed by atoms with Gasteiger partial charge < -0.3 is 5.32 Å². The summed E-state index contributed by atoms with van der Waals surface area (Å²) in [6.45, 7) is 8.38. The van der Waals surface area contributed by atoms with E-state index in [-0.39, 0.29) is 0 Å². The maximum atomic E-state index is 12.9. The molecule has 1 unspecified atom stereocenters. The van der Waals surface area contributed by atoms with E-state index in [0.29, 0.717) is 41.2 Å². The number of thioether (sulfide) groups is 1. The van der Waals surface area contributed by atoms with Gasteiger partial charge in [0, 0.05) is 30.6 Å². The molecule has 2 N–H and O–H groups in total. The number of nitrogens with zero attached hydrogens (tertiary/aromatic N) is 2. The van der Waals surface area contributed by atoms with E-state index in [2.05, 4.69) is 29.4 Å². The fraction of sp³-hybridized carbons (Fsp3) is 0.769. The lowest BCUT2D eigenvalue weighted by Crippen LogP contribution is -2.41. The summed E-state index contributed by atoms with van der Waals surface area (Å²) in [6.07, 6.45) is 1.01. The lowest BCUT2D eigenvalue weighted by Gasteiger charge is -2.29. The molecule has 1 fully saturated rings. The van der Waals surface area contributed by atoms with Crippen LogP contribution in [0.15, 0.2) is 4.90 Å². The van der Waals surface area contributed by atoms with Crippen molar-refractivity contribution in [2.45, 2.75) is 43.9 Å². The van der Waals surface area contributed by atoms with Crippen molar-refractivity contribution in [2.24, 2.45) is 0 Å². The maximum Gasteiger partial charge on any atom is 0.246 e. The third-order valence-electron chi connectivity index (χ3n) is 3.48. The molecule has 0 aromatic carbocycles. The van der Waals surface area contributed by atoms with Crippen molar-refractivity contribution in [2.75, 3.05) is 25.4 Å². The van der Waals surface area contributed by atoms with Gasteiger partial charge in [-0.2, -0.15) is 21.2 Å². The second-order valence-corrected chi connectivity index (χ2v) is 8.77. The average molecular weight is 332 g/mol. The Balaban J connectivity index is 2.24. The van der Waals surface area contributed by atoms with Gasteiger partial charge in [-0.1, -0.05) is 13.8 Å². The molecule has 1 atom stereocenters. The molecule has 1 aromatic rings. The quantitative estimate of drug-likeness (QED) is 0.769. The van der Waals surface area contributed by atoms with Crippen molar-refractivity contribution in [1.29, 1.82) is 0 Å². The van der Waals surface area contributed by atoms with Gasteiger partial charge in [-0.3, -0.25) is 5.10 Å². The Morgan fingerprint density at radius 2 is 2.29 bits per heavy atom. The summed E-state index contributed by atoms with van der Waals surface area (Å²) in [6, 6.07) is 0. The highest BCUT2D eigenvalue weighted by Gasteiger charge is 2.33. The van der Waals surface area contributed by atoms with Crippen LogP contribution in [-0.2, 0) is 16.6 Å². The Labute approximate surface area is 131 Å². The average Bonchev–Trinajstić information content (AvgIpc) is 2.81. The van der Waals surface area contributed by atoms with E-state index in [0.717, 1.165) is 18.7 Å². The highest BCUT2D eigenvalue weighted by Crippen LogP contribution is 2.27. The van der Waals surface area contributed by atoms with Gasteiger partial charge in [-0.25, -0.2) is 8.42 Å². The Hall–Kier alpha value is -0.570. The number of aromatic nitrogens is 2. The third-order valence-corrected chi connectivity index (χ3v) is 6.69. The molecule has 1 aromatic heterocycles. The number of sulfonamides is 1. The number of hydrogen-bond donors (Lipinski definition) is 2. The smallest absolute Gasteiger partial charge is 0.246 e. The van der Waals surface area contributed by atoms with Gasteiger partial charge in [-0.15, -0.1) is 0 Å². The topological polar surface area (TPSA) is 78.1 Å². The molecular formula is C13H24N4O2S2. The van der Waals surface area contributed by atoms with Crippen LogP contribution in [0.1, 0.15) is 31.7 Å². The molecule has 8 heteroatoms. The number of H-pyrrole nitrogens is 1. The van der Waals surface area contributed by atoms with Crippen LogP contribution in [0.5, 0.6) is 0 Å². The predicted octanol–water partition coefficient (Wildman–Crippen LogP) is 1.34. The third kappa shape index (κ3) is 3.80. The molecule has 1 saturated heterocycles. The van der Waals surface area contributed by atoms with Gasteiger partial charge in [0.2, 0.25) is 10.0 Å². The fourth-order valence-corrected chi connectivity index (χ4v) is 5.53. The van der Waals surface area contributed by atoms with E-state index in [1.54, 1.807) is 11.2 Å². The van der Waals surface area contributed by atoms with Crippen molar-refractivity contribution < 1.29 is 8.42 Å². The van der Waals surface area contributed by atoms with Crippen molar-refractivity contribution in [1.82, 2.24) is 19.8 Å². The molecule has 0 bridgehead atoms. The van der Waals surface area contributed by atoms with Crippen molar-refractivity contribution >= 4 is 21.8 Å². The van der Waals surface area contributed by atoms with Crippen LogP contribution in [0, 0.1) is 6.92 Å². The monoisotopic (exact) mass is 332 g/mol. The molecule has 120 valence electrons. The van der Waals surface area contributed by atoms with Gasteiger partial charge in [-0.05, 0) is 19.9 Å². The van der Waals surface area contributed by atoms with E-state index in [4.69, 9.17) is 0 Å². The minimum Gasteiger partial charge on any atom is -0.311 e. The van der Waals surface area contributed by atoms with Gasteiger partial charge >= 0.3 is 0 Å². The molecule has 6 nitrogen and oxygen atoms in total. The van der Waals surface area contributed by atoms with E-state index < -0.39 is 10.0 Å². The minimum absolute atomic E-state index is 0.336. The number of nitrogens with one attached hydrogen (secondary N) is 2. The Morgan fingerprint density at radius 1 is 1.52 bits per heavy atom. The van der Waals surface area contributed by atoms with E-state index in [9.17, 15) is 8.42 Å². The molecule has 21 heavy (non-hydrogen) atoms. The van der Waals surface area contributed by atoms with Gasteiger partial charge in [0.25, 0.3) is 0 Å². The number of rotatable bonds is 6. The molecule has 0 spiro atoms. The molecule has 0 saturated carbocycles. The zero-order valence-electron chi connectivity index (χ0n) is 12.8. The molecule has 0 aliphatic carbocycles. The second kappa shape index (κ2) is 7.13. The van der Waals surface area contributed by atoms with E-state index in [1.165, 1.54) is 0 Å². The zero-order valence-corrected chi connectivity index (χ0v) is 14.5. The molecule has 2 heterocycles. The standard InChI is InChI=1S/C13H24N4O2S2/c1-4-5-14-8-12-13(11(3)15-16-12)21(18,19)17-6-7-20-10(2)9-17/h10,14H,4-9H2,1-3H3,(H,15,16). The molecular weight excluding hydrogens is 308 g/mol. The summed E-state index contributed by atoms with van der Waals surface area (Å²) in [5.74, 6) is 0.848. The first-order chi connectivity index (χ1) is 9.96. The molecule has 2 rings (SSSR count). The van der Waals surface area contributed by atoms with Crippen LogP contribution in [0.3, 0.4) is 0 Å². The summed E-state index contributed by atoms with van der Waals surface area (Å²) in [7, 11) is -3.46. The summed E-state index contributed by atoms with van der Waals surface area (Å²) in [5, 5.41) is 10.5. The SMILES string of the molecule is CCCNCc1n[nH]c(C)c1S(=O)(=O)N1CCSC(C)C1. The Bertz CT molecular complexity index is 571. The normalized spacial score (nSPS) is 20.8. The van der Waals surface area contributed by atoms with Gasteiger partial charge in [0.15, 0.2) is 0 Å². The van der Waals surface area contributed by atoms with Crippen LogP contribution >= 0.6 is 11.8 Å². The number of aromatic amines is 1. The van der Waals surface area contributed by atoms with E-state index >= 15 is 0 Å². The fourth-order valence-electron chi connectivity index (χ4n) is 2.45. The minimum atomic E-state index is -3.46. The summed E-state index contributed by atoms with van der Waals surface area (Å²) in [4.78, 5) is 0.352. The van der Waals surface area contributed by atoms with Crippen LogP contribution < -0.4 is 5.32 Å². The molecule has 0 radical (unpaired) electrons. The van der Waals surface area contributed by atoms with E-state index in [1.807, 2.05) is 11.8 Å². The van der Waals surface area contributed by atoms with Crippen LogP contribution in [0.25, 0.3) is 0 Å². The largest absolute Gasteiger partial charge is 0.311 e. The summed E-state index contributed by atoms with van der Waals surface area (Å²) >= 11 is 1.82. The highest BCUT2D eigenvalue weighted by molar-refractivity contribution is 8.00. The first-order valence-electron chi connectivity index (χ1n) is 7.33. The van der Waals surface area contributed by atoms with Crippen molar-refractivity contribution in [3.63, 3.8) is 0 Å². The van der Waals surface area contributed by atoms with Crippen LogP contribution in [-0.4, -0.2) is 53.6 Å². The highest BCUT2D eigenvalue weighted by atomic mass is 32.2. The summed E-state index contributed by atoms with van der Waals surface area (Å²) < 4.78 is 27.4. The Morgan fingerprint density at radius 3 is 2.95 bits per heavy atom. The van der Waals surface area contributed by atoms with Crippen molar-refractivity contribution in [3.05, 3.63) is 11.4 Å². The predicted molar refractivity (Wildman–Crippen MR) is 86.0 cm³/mol. The second-order valence-electron chi connectivity index (χ2n) is 5.35. The lowest BCUT2D eigenvalue weighted by atomic mass is 10.3.